The van der Waals surface area contributed by atoms with Gasteiger partial charge in [-0.25, -0.2) is 0 Å². The summed E-state index contributed by atoms with van der Waals surface area (Å²) in [7, 11) is 6.16. The first-order valence-electron chi connectivity index (χ1n) is 7.75. The predicted molar refractivity (Wildman–Crippen MR) is 95.2 cm³/mol. The summed E-state index contributed by atoms with van der Waals surface area (Å²) in [5.41, 5.74) is 1.93. The minimum absolute atomic E-state index is 0.0262. The largest absolute Gasteiger partial charge is 0.504 e. The molecule has 0 saturated carbocycles. The van der Waals surface area contributed by atoms with Crippen molar-refractivity contribution in [3.8, 4) is 51.3 Å². The third kappa shape index (κ3) is 3.11. The Morgan fingerprint density at radius 1 is 0.769 bits per heavy atom. The molecule has 26 heavy (non-hydrogen) atoms. The second-order valence-corrected chi connectivity index (χ2v) is 5.37. The first-order valence-corrected chi connectivity index (χ1v) is 7.75. The number of methoxy groups -OCH3 is 4. The van der Waals surface area contributed by atoms with Gasteiger partial charge in [-0.2, -0.15) is 0 Å². The van der Waals surface area contributed by atoms with Crippen molar-refractivity contribution in [2.24, 2.45) is 0 Å². The summed E-state index contributed by atoms with van der Waals surface area (Å²) in [6.45, 7) is 0. The van der Waals surface area contributed by atoms with E-state index < -0.39 is 0 Å². The first-order chi connectivity index (χ1) is 12.6. The Morgan fingerprint density at radius 3 is 2.04 bits per heavy atom. The van der Waals surface area contributed by atoms with Gasteiger partial charge < -0.3 is 28.6 Å². The summed E-state index contributed by atoms with van der Waals surface area (Å²) in [5.74, 6) is 2.56. The molecule has 2 aromatic carbocycles. The second-order valence-electron chi connectivity index (χ2n) is 5.37. The van der Waals surface area contributed by atoms with Crippen LogP contribution in [0.2, 0.25) is 0 Å². The van der Waals surface area contributed by atoms with Crippen molar-refractivity contribution < 1.29 is 28.6 Å². The molecule has 136 valence electrons. The molecule has 1 N–H and O–H groups in total. The Morgan fingerprint density at radius 2 is 1.42 bits per heavy atom. The molecule has 0 unspecified atom stereocenters. The van der Waals surface area contributed by atoms with E-state index in [1.807, 2.05) is 0 Å². The van der Waals surface area contributed by atoms with Gasteiger partial charge in [0.05, 0.1) is 34.0 Å². The van der Waals surface area contributed by atoms with Gasteiger partial charge in [-0.1, -0.05) is 5.16 Å². The van der Waals surface area contributed by atoms with Gasteiger partial charge in [0.2, 0.25) is 0 Å². The van der Waals surface area contributed by atoms with Gasteiger partial charge in [-0.3, -0.25) is 0 Å². The smallest absolute Gasteiger partial charge is 0.171 e. The quantitative estimate of drug-likeness (QED) is 0.719. The van der Waals surface area contributed by atoms with Crippen molar-refractivity contribution in [2.75, 3.05) is 28.4 Å². The van der Waals surface area contributed by atoms with Crippen LogP contribution in [-0.2, 0) is 0 Å². The van der Waals surface area contributed by atoms with E-state index in [1.165, 1.54) is 7.11 Å². The summed E-state index contributed by atoms with van der Waals surface area (Å²) in [5, 5.41) is 14.0. The molecule has 0 atom stereocenters. The van der Waals surface area contributed by atoms with E-state index in [1.54, 1.807) is 57.7 Å². The fourth-order valence-electron chi connectivity index (χ4n) is 2.61. The molecular weight excluding hydrogens is 338 g/mol. The van der Waals surface area contributed by atoms with E-state index in [-0.39, 0.29) is 5.75 Å². The number of benzene rings is 2. The molecule has 0 saturated heterocycles. The van der Waals surface area contributed by atoms with E-state index in [2.05, 4.69) is 5.16 Å². The van der Waals surface area contributed by atoms with Gasteiger partial charge in [-0.15, -0.1) is 0 Å². The predicted octanol–water partition coefficient (Wildman–Crippen LogP) is 3.75. The lowest BCUT2D eigenvalue weighted by atomic mass is 10.1. The van der Waals surface area contributed by atoms with Crippen LogP contribution in [0, 0.1) is 0 Å². The van der Waals surface area contributed by atoms with E-state index >= 15 is 0 Å². The summed E-state index contributed by atoms with van der Waals surface area (Å²) < 4.78 is 26.6. The van der Waals surface area contributed by atoms with Crippen LogP contribution in [0.4, 0.5) is 0 Å². The van der Waals surface area contributed by atoms with Gasteiger partial charge in [0.25, 0.3) is 0 Å². The Balaban J connectivity index is 2.03. The number of hydrogen-bond acceptors (Lipinski definition) is 7. The van der Waals surface area contributed by atoms with Crippen molar-refractivity contribution in [3.05, 3.63) is 36.4 Å². The standard InChI is InChI=1S/C19H19NO6/c1-22-15-6-5-11(7-14(15)21)13-9-17(26-20-13)12-8-18(24-3)19(25-4)10-16(12)23-2/h5-10,21H,1-4H3. The lowest BCUT2D eigenvalue weighted by molar-refractivity contribution is 0.348. The molecule has 0 spiro atoms. The van der Waals surface area contributed by atoms with Crippen LogP contribution in [0.25, 0.3) is 22.6 Å². The monoisotopic (exact) mass is 357 g/mol. The molecule has 0 aliphatic rings. The van der Waals surface area contributed by atoms with Crippen molar-refractivity contribution in [3.63, 3.8) is 0 Å². The van der Waals surface area contributed by atoms with E-state index in [0.717, 1.165) is 0 Å². The molecule has 3 rings (SSSR count). The summed E-state index contributed by atoms with van der Waals surface area (Å²) in [4.78, 5) is 0. The molecular formula is C19H19NO6. The normalized spacial score (nSPS) is 10.5. The molecule has 3 aromatic rings. The van der Waals surface area contributed by atoms with Crippen LogP contribution < -0.4 is 18.9 Å². The van der Waals surface area contributed by atoms with Gasteiger partial charge in [0, 0.05) is 17.7 Å². The average molecular weight is 357 g/mol. The first kappa shape index (κ1) is 17.5. The minimum Gasteiger partial charge on any atom is -0.504 e. The summed E-state index contributed by atoms with van der Waals surface area (Å²) in [6.07, 6.45) is 0. The highest BCUT2D eigenvalue weighted by atomic mass is 16.5. The van der Waals surface area contributed by atoms with Gasteiger partial charge >= 0.3 is 0 Å². The number of rotatable bonds is 6. The maximum Gasteiger partial charge on any atom is 0.171 e. The molecule has 0 bridgehead atoms. The minimum atomic E-state index is 0.0262. The maximum atomic E-state index is 9.95. The van der Waals surface area contributed by atoms with Gasteiger partial charge in [-0.05, 0) is 24.3 Å². The molecule has 0 aliphatic heterocycles. The number of aromatic nitrogens is 1. The third-order valence-corrected chi connectivity index (χ3v) is 3.96. The van der Waals surface area contributed by atoms with Crippen molar-refractivity contribution in [1.82, 2.24) is 5.16 Å². The number of aromatic hydroxyl groups is 1. The van der Waals surface area contributed by atoms with Crippen molar-refractivity contribution >= 4 is 0 Å². The fraction of sp³-hybridized carbons (Fsp3) is 0.211. The Hall–Kier alpha value is -3.35. The van der Waals surface area contributed by atoms with E-state index in [4.69, 9.17) is 23.5 Å². The molecule has 0 radical (unpaired) electrons. The Labute approximate surface area is 150 Å². The lowest BCUT2D eigenvalue weighted by Crippen LogP contribution is -1.94. The zero-order valence-electron chi connectivity index (χ0n) is 14.9. The number of hydrogen-bond donors (Lipinski definition) is 1. The number of phenolic OH excluding ortho intramolecular Hbond substituents is 1. The zero-order valence-corrected chi connectivity index (χ0v) is 14.9. The molecule has 0 amide bonds. The molecule has 7 nitrogen and oxygen atoms in total. The maximum absolute atomic E-state index is 9.95. The molecule has 0 aliphatic carbocycles. The van der Waals surface area contributed by atoms with Crippen LogP contribution in [0.5, 0.6) is 28.7 Å². The van der Waals surface area contributed by atoms with Crippen LogP contribution in [0.3, 0.4) is 0 Å². The van der Waals surface area contributed by atoms with Crippen LogP contribution in [0.1, 0.15) is 0 Å². The Bertz CT molecular complexity index is 918. The van der Waals surface area contributed by atoms with Crippen LogP contribution in [0.15, 0.2) is 40.9 Å². The van der Waals surface area contributed by atoms with Gasteiger partial charge in [0.15, 0.2) is 28.8 Å². The third-order valence-electron chi connectivity index (χ3n) is 3.96. The number of ether oxygens (including phenoxy) is 4. The second kappa shape index (κ2) is 7.26. The highest BCUT2D eigenvalue weighted by Crippen LogP contribution is 2.41. The molecule has 1 heterocycles. The molecule has 1 aromatic heterocycles. The topological polar surface area (TPSA) is 83.2 Å². The SMILES string of the molecule is COc1ccc(-c2cc(-c3cc(OC)c(OC)cc3OC)on2)cc1O. The number of phenols is 1. The average Bonchev–Trinajstić information content (AvgIpc) is 3.16. The highest BCUT2D eigenvalue weighted by Gasteiger charge is 2.18. The fourth-order valence-corrected chi connectivity index (χ4v) is 2.61. The van der Waals surface area contributed by atoms with E-state index in [9.17, 15) is 5.11 Å². The molecule has 7 heteroatoms. The van der Waals surface area contributed by atoms with E-state index in [0.29, 0.717) is 45.6 Å². The summed E-state index contributed by atoms with van der Waals surface area (Å²) in [6, 6.07) is 10.2. The van der Waals surface area contributed by atoms with Crippen LogP contribution >= 0.6 is 0 Å². The molecule has 0 fully saturated rings. The van der Waals surface area contributed by atoms with Crippen molar-refractivity contribution in [2.45, 2.75) is 0 Å². The van der Waals surface area contributed by atoms with Crippen molar-refractivity contribution in [1.29, 1.82) is 0 Å². The Kier molecular flexibility index (Phi) is 4.88. The number of nitrogens with zero attached hydrogens (tertiary/aromatic N) is 1. The van der Waals surface area contributed by atoms with Gasteiger partial charge in [0.1, 0.15) is 11.4 Å². The highest BCUT2D eigenvalue weighted by molar-refractivity contribution is 5.74. The summed E-state index contributed by atoms with van der Waals surface area (Å²) >= 11 is 0. The lowest BCUT2D eigenvalue weighted by Gasteiger charge is -2.12. The van der Waals surface area contributed by atoms with Crippen LogP contribution in [-0.4, -0.2) is 38.7 Å². The zero-order chi connectivity index (χ0) is 18.7.